The third kappa shape index (κ3) is 1.93. The minimum Gasteiger partial charge on any atom is -0.306 e. The molecule has 0 spiro atoms. The summed E-state index contributed by atoms with van der Waals surface area (Å²) in [6.45, 7) is 0. The predicted molar refractivity (Wildman–Crippen MR) is 67.2 cm³/mol. The number of nitrogens with zero attached hydrogens (tertiary/aromatic N) is 3. The minimum atomic E-state index is -0.850. The molecule has 0 N–H and O–H groups in total. The van der Waals surface area contributed by atoms with Crippen molar-refractivity contribution in [3.63, 3.8) is 0 Å². The van der Waals surface area contributed by atoms with Crippen LogP contribution in [0.1, 0.15) is 0 Å². The molecule has 94 valence electrons. The molecule has 0 amide bonds. The fourth-order valence-electron chi connectivity index (χ4n) is 1.89. The van der Waals surface area contributed by atoms with E-state index in [1.165, 1.54) is 12.1 Å². The van der Waals surface area contributed by atoms with Gasteiger partial charge < -0.3 is 4.40 Å². The Balaban J connectivity index is 2.16. The van der Waals surface area contributed by atoms with Crippen LogP contribution in [0.15, 0.2) is 48.8 Å². The fourth-order valence-corrected chi connectivity index (χ4v) is 1.89. The highest BCUT2D eigenvalue weighted by molar-refractivity contribution is 5.65. The van der Waals surface area contributed by atoms with E-state index in [9.17, 15) is 14.5 Å². The molecule has 0 radical (unpaired) electrons. The molecule has 0 saturated carbocycles. The van der Waals surface area contributed by atoms with E-state index in [0.29, 0.717) is 11.3 Å². The van der Waals surface area contributed by atoms with Gasteiger partial charge in [-0.1, -0.05) is 6.07 Å². The minimum absolute atomic E-state index is 0.511. The summed E-state index contributed by atoms with van der Waals surface area (Å²) >= 11 is 0. The highest BCUT2D eigenvalue weighted by atomic mass is 19.1. The molecule has 2 aromatic heterocycles. The largest absolute Gasteiger partial charge is 0.306 e. The molecule has 0 saturated heterocycles. The molecule has 0 atom stereocenters. The van der Waals surface area contributed by atoms with Gasteiger partial charge in [0.25, 0.3) is 0 Å². The van der Waals surface area contributed by atoms with Crippen molar-refractivity contribution >= 4 is 11.3 Å². The van der Waals surface area contributed by atoms with Crippen molar-refractivity contribution in [2.45, 2.75) is 0 Å². The number of imidazole rings is 1. The average Bonchev–Trinajstić information content (AvgIpc) is 2.82. The zero-order valence-electron chi connectivity index (χ0n) is 9.65. The molecule has 3 rings (SSSR count). The Morgan fingerprint density at radius 1 is 1.26 bits per heavy atom. The summed E-state index contributed by atoms with van der Waals surface area (Å²) in [6, 6.07) is 9.27. The van der Waals surface area contributed by atoms with Gasteiger partial charge in [0.2, 0.25) is 5.82 Å². The van der Waals surface area contributed by atoms with Crippen LogP contribution in [0.2, 0.25) is 0 Å². The molecule has 19 heavy (non-hydrogen) atoms. The maximum atomic E-state index is 13.3. The number of nitro benzene ring substituents is 1. The van der Waals surface area contributed by atoms with E-state index in [4.69, 9.17) is 0 Å². The van der Waals surface area contributed by atoms with Crippen molar-refractivity contribution in [1.82, 2.24) is 9.38 Å². The third-order valence-electron chi connectivity index (χ3n) is 2.80. The second kappa shape index (κ2) is 4.16. The van der Waals surface area contributed by atoms with Crippen molar-refractivity contribution < 1.29 is 9.31 Å². The van der Waals surface area contributed by atoms with Crippen LogP contribution in [0.4, 0.5) is 10.1 Å². The standard InChI is InChI=1S/C13H8FN3O2/c14-10-5-4-9(7-12(10)17(18)19)11-8-16-6-2-1-3-13(16)15-11/h1-8H. The Bertz CT molecular complexity index is 749. The second-order valence-electron chi connectivity index (χ2n) is 4.02. The first-order valence-corrected chi connectivity index (χ1v) is 5.53. The zero-order valence-corrected chi connectivity index (χ0v) is 9.65. The summed E-state index contributed by atoms with van der Waals surface area (Å²) in [4.78, 5) is 14.3. The summed E-state index contributed by atoms with van der Waals surface area (Å²) in [7, 11) is 0. The quantitative estimate of drug-likeness (QED) is 0.523. The van der Waals surface area contributed by atoms with Crippen LogP contribution in [0.3, 0.4) is 0 Å². The topological polar surface area (TPSA) is 60.4 Å². The van der Waals surface area contributed by atoms with Gasteiger partial charge in [-0.05, 0) is 24.3 Å². The van der Waals surface area contributed by atoms with Crippen LogP contribution in [0, 0.1) is 15.9 Å². The molecular formula is C13H8FN3O2. The first-order chi connectivity index (χ1) is 9.15. The number of pyridine rings is 1. The van der Waals surface area contributed by atoms with Gasteiger partial charge in [-0.25, -0.2) is 4.98 Å². The molecule has 1 aromatic carbocycles. The normalized spacial score (nSPS) is 10.8. The van der Waals surface area contributed by atoms with Crippen LogP contribution in [0.25, 0.3) is 16.9 Å². The smallest absolute Gasteiger partial charge is 0.305 e. The van der Waals surface area contributed by atoms with E-state index < -0.39 is 16.4 Å². The van der Waals surface area contributed by atoms with Crippen molar-refractivity contribution in [1.29, 1.82) is 0 Å². The lowest BCUT2D eigenvalue weighted by atomic mass is 10.1. The monoisotopic (exact) mass is 257 g/mol. The van der Waals surface area contributed by atoms with E-state index >= 15 is 0 Å². The second-order valence-corrected chi connectivity index (χ2v) is 4.02. The van der Waals surface area contributed by atoms with Crippen molar-refractivity contribution in [3.8, 4) is 11.3 Å². The van der Waals surface area contributed by atoms with E-state index in [2.05, 4.69) is 4.98 Å². The van der Waals surface area contributed by atoms with Crippen LogP contribution >= 0.6 is 0 Å². The van der Waals surface area contributed by atoms with E-state index in [-0.39, 0.29) is 0 Å². The molecule has 0 fully saturated rings. The number of hydrogen-bond donors (Lipinski definition) is 0. The molecule has 3 aromatic rings. The maximum absolute atomic E-state index is 13.3. The Morgan fingerprint density at radius 2 is 2.11 bits per heavy atom. The first-order valence-electron chi connectivity index (χ1n) is 5.53. The van der Waals surface area contributed by atoms with Gasteiger partial charge in [0, 0.05) is 24.0 Å². The van der Waals surface area contributed by atoms with Gasteiger partial charge in [0.1, 0.15) is 5.65 Å². The number of benzene rings is 1. The van der Waals surface area contributed by atoms with Gasteiger partial charge in [0.15, 0.2) is 0 Å². The van der Waals surface area contributed by atoms with Crippen LogP contribution in [-0.4, -0.2) is 14.3 Å². The van der Waals surface area contributed by atoms with Crippen molar-refractivity contribution in [2.24, 2.45) is 0 Å². The van der Waals surface area contributed by atoms with Gasteiger partial charge in [-0.15, -0.1) is 0 Å². The summed E-state index contributed by atoms with van der Waals surface area (Å²) in [5.74, 6) is -0.850. The SMILES string of the molecule is O=[N+]([O-])c1cc(-c2cn3ccccc3n2)ccc1F. The van der Waals surface area contributed by atoms with Gasteiger partial charge in [-0.2, -0.15) is 4.39 Å². The zero-order chi connectivity index (χ0) is 13.4. The Morgan fingerprint density at radius 3 is 2.84 bits per heavy atom. The highest BCUT2D eigenvalue weighted by Crippen LogP contribution is 2.25. The maximum Gasteiger partial charge on any atom is 0.305 e. The average molecular weight is 257 g/mol. The molecule has 0 aliphatic heterocycles. The lowest BCUT2D eigenvalue weighted by Crippen LogP contribution is -1.92. The van der Waals surface area contributed by atoms with E-state index in [1.807, 2.05) is 24.4 Å². The summed E-state index contributed by atoms with van der Waals surface area (Å²) in [5, 5.41) is 10.7. The summed E-state index contributed by atoms with van der Waals surface area (Å²) < 4.78 is 15.1. The van der Waals surface area contributed by atoms with Crippen molar-refractivity contribution in [3.05, 3.63) is 64.7 Å². The van der Waals surface area contributed by atoms with Crippen LogP contribution < -0.4 is 0 Å². The first kappa shape index (κ1) is 11.3. The number of halogens is 1. The lowest BCUT2D eigenvalue weighted by molar-refractivity contribution is -0.387. The number of rotatable bonds is 2. The highest BCUT2D eigenvalue weighted by Gasteiger charge is 2.16. The number of aromatic nitrogens is 2. The van der Waals surface area contributed by atoms with Crippen molar-refractivity contribution in [2.75, 3.05) is 0 Å². The molecular weight excluding hydrogens is 249 g/mol. The molecule has 0 unspecified atom stereocenters. The third-order valence-corrected chi connectivity index (χ3v) is 2.80. The predicted octanol–water partition coefficient (Wildman–Crippen LogP) is 3.05. The fraction of sp³-hybridized carbons (Fsp3) is 0. The number of fused-ring (bicyclic) bond motifs is 1. The Labute approximate surface area is 107 Å². The van der Waals surface area contributed by atoms with Gasteiger partial charge >= 0.3 is 5.69 Å². The number of hydrogen-bond acceptors (Lipinski definition) is 3. The van der Waals surface area contributed by atoms with Crippen LogP contribution in [-0.2, 0) is 0 Å². The van der Waals surface area contributed by atoms with Gasteiger partial charge in [0.05, 0.1) is 10.6 Å². The van der Waals surface area contributed by atoms with Crippen LogP contribution in [0.5, 0.6) is 0 Å². The molecule has 6 heteroatoms. The Kier molecular flexibility index (Phi) is 2.49. The van der Waals surface area contributed by atoms with Gasteiger partial charge in [-0.3, -0.25) is 10.1 Å². The molecule has 0 aliphatic carbocycles. The van der Waals surface area contributed by atoms with E-state index in [0.717, 1.165) is 11.7 Å². The van der Waals surface area contributed by atoms with E-state index in [1.54, 1.807) is 10.6 Å². The lowest BCUT2D eigenvalue weighted by Gasteiger charge is -1.97. The Hall–Kier alpha value is -2.76. The molecule has 2 heterocycles. The molecule has 0 aliphatic rings. The molecule has 5 nitrogen and oxygen atoms in total. The summed E-state index contributed by atoms with van der Waals surface area (Å²) in [5.41, 5.74) is 1.25. The summed E-state index contributed by atoms with van der Waals surface area (Å²) in [6.07, 6.45) is 3.57. The molecule has 0 bridgehead atoms. The number of nitro groups is 1.